The fourth-order valence-electron chi connectivity index (χ4n) is 0.831. The van der Waals surface area contributed by atoms with E-state index in [0.29, 0.717) is 10.0 Å². The molecule has 0 saturated carbocycles. The van der Waals surface area contributed by atoms with Crippen LogP contribution >= 0.6 is 28.1 Å². The van der Waals surface area contributed by atoms with Crippen LogP contribution in [0, 0.1) is 0 Å². The van der Waals surface area contributed by atoms with Gasteiger partial charge in [-0.2, -0.15) is 0 Å². The van der Waals surface area contributed by atoms with Crippen LogP contribution in [0.15, 0.2) is 28.7 Å². The fourth-order valence-corrected chi connectivity index (χ4v) is 1.35. The molecular weight excluding hydrogens is 266 g/mol. The maximum absolute atomic E-state index is 11.5. The molecule has 4 N–H and O–H groups in total. The van der Waals surface area contributed by atoms with E-state index in [9.17, 15) is 4.79 Å². The maximum atomic E-state index is 11.5. The molecule has 0 aromatic heterocycles. The summed E-state index contributed by atoms with van der Waals surface area (Å²) in [6, 6.07) is 7.04. The standard InChI is InChI=1S/C8H8BrN3OS/c9-6-4-2-1-3-5(6)7(13)11-12-8(10)14/h1-4H,(H,11,13)(H3,10,12,14). The molecule has 0 atom stereocenters. The van der Waals surface area contributed by atoms with Crippen molar-refractivity contribution in [3.05, 3.63) is 34.3 Å². The van der Waals surface area contributed by atoms with Gasteiger partial charge in [0.1, 0.15) is 0 Å². The highest BCUT2D eigenvalue weighted by molar-refractivity contribution is 9.10. The van der Waals surface area contributed by atoms with Crippen LogP contribution in [0.4, 0.5) is 0 Å². The second-order valence-electron chi connectivity index (χ2n) is 2.42. The van der Waals surface area contributed by atoms with Gasteiger partial charge in [0, 0.05) is 4.47 Å². The molecule has 0 fully saturated rings. The Balaban J connectivity index is 2.70. The predicted octanol–water partition coefficient (Wildman–Crippen LogP) is 0.927. The molecule has 1 rings (SSSR count). The highest BCUT2D eigenvalue weighted by Gasteiger charge is 2.07. The number of hydrazine groups is 1. The lowest BCUT2D eigenvalue weighted by Gasteiger charge is -2.07. The van der Waals surface area contributed by atoms with Crippen molar-refractivity contribution in [2.24, 2.45) is 5.73 Å². The molecule has 0 saturated heterocycles. The lowest BCUT2D eigenvalue weighted by Crippen LogP contribution is -2.44. The van der Waals surface area contributed by atoms with Crippen LogP contribution < -0.4 is 16.6 Å². The van der Waals surface area contributed by atoms with Crippen LogP contribution in [0.1, 0.15) is 10.4 Å². The number of carbonyl (C=O) groups excluding carboxylic acids is 1. The van der Waals surface area contributed by atoms with E-state index in [1.165, 1.54) is 0 Å². The lowest BCUT2D eigenvalue weighted by atomic mass is 10.2. The van der Waals surface area contributed by atoms with Gasteiger partial charge in [0.15, 0.2) is 5.11 Å². The van der Waals surface area contributed by atoms with Gasteiger partial charge in [-0.25, -0.2) is 0 Å². The lowest BCUT2D eigenvalue weighted by molar-refractivity contribution is 0.0943. The van der Waals surface area contributed by atoms with E-state index in [2.05, 4.69) is 39.0 Å². The maximum Gasteiger partial charge on any atom is 0.270 e. The number of thiocarbonyl (C=S) groups is 1. The number of halogens is 1. The van der Waals surface area contributed by atoms with E-state index in [4.69, 9.17) is 5.73 Å². The molecule has 1 aromatic rings. The van der Waals surface area contributed by atoms with Crippen molar-refractivity contribution in [1.29, 1.82) is 0 Å². The van der Waals surface area contributed by atoms with Gasteiger partial charge in [0.05, 0.1) is 5.56 Å². The van der Waals surface area contributed by atoms with Crippen LogP contribution in [0.2, 0.25) is 0 Å². The summed E-state index contributed by atoms with van der Waals surface area (Å²) >= 11 is 7.79. The third kappa shape index (κ3) is 2.97. The second-order valence-corrected chi connectivity index (χ2v) is 3.72. The Morgan fingerprint density at radius 1 is 1.36 bits per heavy atom. The molecule has 0 heterocycles. The van der Waals surface area contributed by atoms with Gasteiger partial charge in [-0.05, 0) is 40.3 Å². The topological polar surface area (TPSA) is 67.2 Å². The number of nitrogens with two attached hydrogens (primary N) is 1. The van der Waals surface area contributed by atoms with Gasteiger partial charge in [-0.15, -0.1) is 0 Å². The first-order chi connectivity index (χ1) is 6.61. The Kier molecular flexibility index (Phi) is 3.84. The smallest absolute Gasteiger partial charge is 0.270 e. The normalized spacial score (nSPS) is 9.21. The van der Waals surface area contributed by atoms with Crippen LogP contribution in [0.25, 0.3) is 0 Å². The Labute approximate surface area is 95.0 Å². The fraction of sp³-hybridized carbons (Fsp3) is 0. The molecule has 74 valence electrons. The second kappa shape index (κ2) is 4.92. The Morgan fingerprint density at radius 2 is 2.00 bits per heavy atom. The number of benzene rings is 1. The highest BCUT2D eigenvalue weighted by Crippen LogP contribution is 2.14. The van der Waals surface area contributed by atoms with Crippen molar-refractivity contribution in [2.45, 2.75) is 0 Å². The Bertz CT molecular complexity index is 369. The summed E-state index contributed by atoms with van der Waals surface area (Å²) < 4.78 is 0.710. The van der Waals surface area contributed by atoms with Gasteiger partial charge >= 0.3 is 0 Å². The first kappa shape index (κ1) is 10.9. The van der Waals surface area contributed by atoms with Crippen molar-refractivity contribution >= 4 is 39.2 Å². The molecule has 0 aliphatic heterocycles. The average molecular weight is 274 g/mol. The first-order valence-electron chi connectivity index (χ1n) is 3.71. The molecule has 6 heteroatoms. The van der Waals surface area contributed by atoms with Gasteiger partial charge in [0.25, 0.3) is 5.91 Å². The third-order valence-corrected chi connectivity index (χ3v) is 2.21. The van der Waals surface area contributed by atoms with E-state index in [1.54, 1.807) is 18.2 Å². The third-order valence-electron chi connectivity index (χ3n) is 1.42. The first-order valence-corrected chi connectivity index (χ1v) is 4.91. The average Bonchev–Trinajstić information content (AvgIpc) is 2.15. The molecule has 4 nitrogen and oxygen atoms in total. The van der Waals surface area contributed by atoms with Crippen molar-refractivity contribution in [3.63, 3.8) is 0 Å². The number of hydrogen-bond donors (Lipinski definition) is 3. The molecule has 0 aliphatic rings. The summed E-state index contributed by atoms with van der Waals surface area (Å²) in [6.45, 7) is 0. The van der Waals surface area contributed by atoms with Crippen LogP contribution in [0.3, 0.4) is 0 Å². The summed E-state index contributed by atoms with van der Waals surface area (Å²) in [6.07, 6.45) is 0. The van der Waals surface area contributed by atoms with E-state index < -0.39 is 0 Å². The minimum atomic E-state index is -0.301. The van der Waals surface area contributed by atoms with E-state index in [0.717, 1.165) is 0 Å². The zero-order chi connectivity index (χ0) is 10.6. The molecular formula is C8H8BrN3OS. The van der Waals surface area contributed by atoms with Crippen LogP contribution in [-0.4, -0.2) is 11.0 Å². The summed E-state index contributed by atoms with van der Waals surface area (Å²) in [5, 5.41) is 0.0189. The van der Waals surface area contributed by atoms with Crippen molar-refractivity contribution in [3.8, 4) is 0 Å². The number of carbonyl (C=O) groups is 1. The molecule has 1 aromatic carbocycles. The highest BCUT2D eigenvalue weighted by atomic mass is 79.9. The van der Waals surface area contributed by atoms with E-state index in [-0.39, 0.29) is 11.0 Å². The van der Waals surface area contributed by atoms with E-state index >= 15 is 0 Å². The number of nitrogens with one attached hydrogen (secondary N) is 2. The molecule has 1 amide bonds. The summed E-state index contributed by atoms with van der Waals surface area (Å²) in [5.74, 6) is -0.301. The molecule has 0 radical (unpaired) electrons. The quantitative estimate of drug-likeness (QED) is 0.526. The van der Waals surface area contributed by atoms with Crippen molar-refractivity contribution in [1.82, 2.24) is 10.9 Å². The van der Waals surface area contributed by atoms with Crippen molar-refractivity contribution in [2.75, 3.05) is 0 Å². The van der Waals surface area contributed by atoms with Crippen LogP contribution in [-0.2, 0) is 0 Å². The Morgan fingerprint density at radius 3 is 2.57 bits per heavy atom. The zero-order valence-corrected chi connectivity index (χ0v) is 9.48. The van der Waals surface area contributed by atoms with Gasteiger partial charge in [-0.1, -0.05) is 12.1 Å². The molecule has 0 aliphatic carbocycles. The Hall–Kier alpha value is -1.14. The van der Waals surface area contributed by atoms with Gasteiger partial charge in [-0.3, -0.25) is 15.6 Å². The minimum Gasteiger partial charge on any atom is -0.375 e. The van der Waals surface area contributed by atoms with Crippen molar-refractivity contribution < 1.29 is 4.79 Å². The van der Waals surface area contributed by atoms with Gasteiger partial charge < -0.3 is 5.73 Å². The molecule has 0 spiro atoms. The number of amides is 1. The predicted molar refractivity (Wildman–Crippen MR) is 61.5 cm³/mol. The van der Waals surface area contributed by atoms with E-state index in [1.807, 2.05) is 6.07 Å². The summed E-state index contributed by atoms with van der Waals surface area (Å²) in [4.78, 5) is 11.5. The van der Waals surface area contributed by atoms with Gasteiger partial charge in [0.2, 0.25) is 0 Å². The molecule has 0 unspecified atom stereocenters. The SMILES string of the molecule is NC(=S)NNC(=O)c1ccccc1Br. The zero-order valence-electron chi connectivity index (χ0n) is 7.08. The number of rotatable bonds is 1. The summed E-state index contributed by atoms with van der Waals surface area (Å²) in [7, 11) is 0. The minimum absolute atomic E-state index is 0.0189. The monoisotopic (exact) mass is 273 g/mol. The van der Waals surface area contributed by atoms with Crippen LogP contribution in [0.5, 0.6) is 0 Å². The largest absolute Gasteiger partial charge is 0.375 e. The molecule has 0 bridgehead atoms. The number of hydrogen-bond acceptors (Lipinski definition) is 2. The summed E-state index contributed by atoms with van der Waals surface area (Å²) in [5.41, 5.74) is 10.4. The molecule has 14 heavy (non-hydrogen) atoms.